The van der Waals surface area contributed by atoms with Gasteiger partial charge in [-0.2, -0.15) is 0 Å². The lowest BCUT2D eigenvalue weighted by Gasteiger charge is -2.23. The van der Waals surface area contributed by atoms with Crippen LogP contribution in [-0.4, -0.2) is 47.1 Å². The van der Waals surface area contributed by atoms with Crippen molar-refractivity contribution in [2.45, 2.75) is 19.3 Å². The van der Waals surface area contributed by atoms with Gasteiger partial charge >= 0.3 is 5.97 Å². The van der Waals surface area contributed by atoms with E-state index >= 15 is 0 Å². The maximum absolute atomic E-state index is 13.2. The molecule has 1 aliphatic heterocycles. The number of rotatable bonds is 5. The van der Waals surface area contributed by atoms with Gasteiger partial charge in [0.25, 0.3) is 5.91 Å². The van der Waals surface area contributed by atoms with Gasteiger partial charge in [-0.1, -0.05) is 18.6 Å². The van der Waals surface area contributed by atoms with E-state index in [-0.39, 0.29) is 18.4 Å². The molecule has 2 heterocycles. The standard InChI is InChI=1S/C21H23N3O4/c1-28-17-9-3-2-8-16(17)23-18-15(7-5-11-22-18)19(25)24-12-14-6-4-10-21(14,13-24)20(26)27/h2-3,5,7-9,11,14H,4,6,10,12-13H2,1H3,(H,22,23)(H,26,27)/t14-,21+/m0/s1. The number of nitrogens with one attached hydrogen (secondary N) is 1. The summed E-state index contributed by atoms with van der Waals surface area (Å²) in [5.74, 6) is 0.117. The molecular formula is C21H23N3O4. The molecule has 28 heavy (non-hydrogen) atoms. The molecule has 0 unspecified atom stereocenters. The van der Waals surface area contributed by atoms with Crippen LogP contribution in [0.5, 0.6) is 5.75 Å². The molecule has 1 saturated carbocycles. The Morgan fingerprint density at radius 3 is 2.86 bits per heavy atom. The summed E-state index contributed by atoms with van der Waals surface area (Å²) >= 11 is 0. The van der Waals surface area contributed by atoms with Crippen molar-refractivity contribution in [2.24, 2.45) is 11.3 Å². The molecule has 2 fully saturated rings. The number of carbonyl (C=O) groups excluding carboxylic acids is 1. The summed E-state index contributed by atoms with van der Waals surface area (Å²) in [4.78, 5) is 31.1. The van der Waals surface area contributed by atoms with Crippen LogP contribution < -0.4 is 10.1 Å². The van der Waals surface area contributed by atoms with Crippen LogP contribution in [0.1, 0.15) is 29.6 Å². The van der Waals surface area contributed by atoms with Crippen LogP contribution in [0.2, 0.25) is 0 Å². The zero-order valence-corrected chi connectivity index (χ0v) is 15.7. The number of aliphatic carboxylic acids is 1. The first-order valence-corrected chi connectivity index (χ1v) is 9.43. The molecule has 4 rings (SSSR count). The molecule has 1 aromatic carbocycles. The number of fused-ring (bicyclic) bond motifs is 1. The van der Waals surface area contributed by atoms with E-state index in [1.807, 2.05) is 24.3 Å². The lowest BCUT2D eigenvalue weighted by atomic mass is 9.81. The van der Waals surface area contributed by atoms with Gasteiger partial charge < -0.3 is 20.1 Å². The number of amides is 1. The molecule has 1 aliphatic carbocycles. The second-order valence-corrected chi connectivity index (χ2v) is 7.46. The molecule has 0 bridgehead atoms. The molecule has 2 N–H and O–H groups in total. The minimum atomic E-state index is -0.798. The first-order valence-electron chi connectivity index (χ1n) is 9.43. The zero-order chi connectivity index (χ0) is 19.7. The molecule has 2 atom stereocenters. The maximum Gasteiger partial charge on any atom is 0.311 e. The van der Waals surface area contributed by atoms with Crippen LogP contribution >= 0.6 is 0 Å². The average Bonchev–Trinajstić information content (AvgIpc) is 3.27. The van der Waals surface area contributed by atoms with Crippen molar-refractivity contribution < 1.29 is 19.4 Å². The van der Waals surface area contributed by atoms with Gasteiger partial charge in [-0.3, -0.25) is 9.59 Å². The smallest absolute Gasteiger partial charge is 0.311 e. The van der Waals surface area contributed by atoms with Gasteiger partial charge in [0.2, 0.25) is 0 Å². The van der Waals surface area contributed by atoms with Crippen LogP contribution in [0.25, 0.3) is 0 Å². The van der Waals surface area contributed by atoms with Gasteiger partial charge in [0.1, 0.15) is 11.6 Å². The van der Waals surface area contributed by atoms with E-state index in [0.29, 0.717) is 35.8 Å². The number of likely N-dealkylation sites (tertiary alicyclic amines) is 1. The SMILES string of the molecule is COc1ccccc1Nc1ncccc1C(=O)N1C[C@@H]2CCC[C@@]2(C(=O)O)C1. The third kappa shape index (κ3) is 2.96. The van der Waals surface area contributed by atoms with E-state index in [2.05, 4.69) is 10.3 Å². The summed E-state index contributed by atoms with van der Waals surface area (Å²) in [5.41, 5.74) is 0.334. The minimum Gasteiger partial charge on any atom is -0.495 e. The third-order valence-electron chi connectivity index (χ3n) is 5.98. The van der Waals surface area contributed by atoms with Crippen molar-refractivity contribution >= 4 is 23.4 Å². The van der Waals surface area contributed by atoms with Crippen molar-refractivity contribution in [1.82, 2.24) is 9.88 Å². The third-order valence-corrected chi connectivity index (χ3v) is 5.98. The zero-order valence-electron chi connectivity index (χ0n) is 15.7. The lowest BCUT2D eigenvalue weighted by Crippen LogP contribution is -2.37. The molecule has 146 valence electrons. The number of ether oxygens (including phenoxy) is 1. The monoisotopic (exact) mass is 381 g/mol. The van der Waals surface area contributed by atoms with Gasteiger partial charge in [0, 0.05) is 19.3 Å². The highest BCUT2D eigenvalue weighted by atomic mass is 16.5. The summed E-state index contributed by atoms with van der Waals surface area (Å²) in [6, 6.07) is 10.8. The van der Waals surface area contributed by atoms with Gasteiger partial charge in [0.15, 0.2) is 0 Å². The summed E-state index contributed by atoms with van der Waals surface area (Å²) in [5, 5.41) is 13.0. The number of anilines is 2. The second kappa shape index (κ2) is 7.14. The molecule has 1 amide bonds. The fourth-order valence-corrected chi connectivity index (χ4v) is 4.52. The van der Waals surface area contributed by atoms with Crippen molar-refractivity contribution in [3.05, 3.63) is 48.2 Å². The quantitative estimate of drug-likeness (QED) is 0.827. The largest absolute Gasteiger partial charge is 0.495 e. The fourth-order valence-electron chi connectivity index (χ4n) is 4.52. The Hall–Kier alpha value is -3.09. The highest BCUT2D eigenvalue weighted by Gasteiger charge is 2.55. The molecule has 1 saturated heterocycles. The number of benzene rings is 1. The maximum atomic E-state index is 13.2. The predicted molar refractivity (Wildman–Crippen MR) is 104 cm³/mol. The van der Waals surface area contributed by atoms with Gasteiger partial charge in [-0.05, 0) is 43.0 Å². The van der Waals surface area contributed by atoms with E-state index in [1.165, 1.54) is 0 Å². The number of hydrogen-bond acceptors (Lipinski definition) is 5. The first-order chi connectivity index (χ1) is 13.5. The van der Waals surface area contributed by atoms with Crippen LogP contribution in [0.4, 0.5) is 11.5 Å². The van der Waals surface area contributed by atoms with Crippen molar-refractivity contribution in [3.8, 4) is 5.75 Å². The fraction of sp³-hybridized carbons (Fsp3) is 0.381. The Kier molecular flexibility index (Phi) is 4.66. The van der Waals surface area contributed by atoms with E-state index in [1.54, 1.807) is 30.3 Å². The van der Waals surface area contributed by atoms with Crippen LogP contribution in [0.15, 0.2) is 42.6 Å². The van der Waals surface area contributed by atoms with Crippen LogP contribution in [0.3, 0.4) is 0 Å². The Morgan fingerprint density at radius 2 is 2.11 bits per heavy atom. The van der Waals surface area contributed by atoms with E-state index in [9.17, 15) is 14.7 Å². The first kappa shape index (κ1) is 18.3. The van der Waals surface area contributed by atoms with E-state index < -0.39 is 11.4 Å². The van der Waals surface area contributed by atoms with Gasteiger partial charge in [0.05, 0.1) is 23.8 Å². The van der Waals surface area contributed by atoms with E-state index in [0.717, 1.165) is 12.8 Å². The van der Waals surface area contributed by atoms with Gasteiger partial charge in [-0.25, -0.2) is 4.98 Å². The molecule has 2 aromatic rings. The van der Waals surface area contributed by atoms with Gasteiger partial charge in [-0.15, -0.1) is 0 Å². The highest BCUT2D eigenvalue weighted by molar-refractivity contribution is 6.00. The number of carboxylic acids is 1. The topological polar surface area (TPSA) is 91.8 Å². The number of aromatic nitrogens is 1. The normalized spacial score (nSPS) is 23.3. The number of methoxy groups -OCH3 is 1. The molecule has 7 heteroatoms. The number of hydrogen-bond donors (Lipinski definition) is 2. The summed E-state index contributed by atoms with van der Waals surface area (Å²) in [6.45, 7) is 0.739. The molecular weight excluding hydrogens is 358 g/mol. The second-order valence-electron chi connectivity index (χ2n) is 7.46. The van der Waals surface area contributed by atoms with Crippen LogP contribution in [0, 0.1) is 11.3 Å². The number of carbonyl (C=O) groups is 2. The minimum absolute atomic E-state index is 0.0243. The van der Waals surface area contributed by atoms with Crippen molar-refractivity contribution in [3.63, 3.8) is 0 Å². The molecule has 1 aromatic heterocycles. The summed E-state index contributed by atoms with van der Waals surface area (Å²) < 4.78 is 5.36. The number of carboxylic acid groups (broad SMARTS) is 1. The molecule has 0 spiro atoms. The highest BCUT2D eigenvalue weighted by Crippen LogP contribution is 2.49. The number of para-hydroxylation sites is 2. The number of pyridine rings is 1. The summed E-state index contributed by atoms with van der Waals surface area (Å²) in [6.07, 6.45) is 4.02. The summed E-state index contributed by atoms with van der Waals surface area (Å²) in [7, 11) is 1.58. The van der Waals surface area contributed by atoms with Crippen molar-refractivity contribution in [1.29, 1.82) is 0 Å². The van der Waals surface area contributed by atoms with Crippen molar-refractivity contribution in [2.75, 3.05) is 25.5 Å². The van der Waals surface area contributed by atoms with Crippen LogP contribution in [-0.2, 0) is 4.79 Å². The molecule has 2 aliphatic rings. The Labute approximate surface area is 163 Å². The Balaban J connectivity index is 1.60. The number of nitrogens with zero attached hydrogens (tertiary/aromatic N) is 2. The molecule has 7 nitrogen and oxygen atoms in total. The average molecular weight is 381 g/mol. The van der Waals surface area contributed by atoms with E-state index in [4.69, 9.17) is 4.74 Å². The predicted octanol–water partition coefficient (Wildman–Crippen LogP) is 3.16. The lowest BCUT2D eigenvalue weighted by molar-refractivity contribution is -0.149. The Bertz CT molecular complexity index is 916. The Morgan fingerprint density at radius 1 is 1.29 bits per heavy atom. The molecule has 0 radical (unpaired) electrons.